The second kappa shape index (κ2) is 4.48. The van der Waals surface area contributed by atoms with Gasteiger partial charge >= 0.3 is 0 Å². The van der Waals surface area contributed by atoms with Crippen molar-refractivity contribution in [2.75, 3.05) is 5.32 Å². The molecule has 3 heteroatoms. The summed E-state index contributed by atoms with van der Waals surface area (Å²) >= 11 is 0. The van der Waals surface area contributed by atoms with E-state index in [2.05, 4.69) is 30.3 Å². The Bertz CT molecular complexity index is 341. The fourth-order valence-electron chi connectivity index (χ4n) is 2.51. The molecule has 16 heavy (non-hydrogen) atoms. The van der Waals surface area contributed by atoms with Gasteiger partial charge in [-0.3, -0.25) is 4.68 Å². The number of nitrogens with one attached hydrogen (secondary N) is 1. The van der Waals surface area contributed by atoms with Crippen molar-refractivity contribution in [2.24, 2.45) is 12.5 Å². The zero-order valence-electron chi connectivity index (χ0n) is 10.7. The van der Waals surface area contributed by atoms with E-state index in [9.17, 15) is 0 Å². The largest absolute Gasteiger partial charge is 0.366 e. The first-order valence-electron chi connectivity index (χ1n) is 6.31. The average Bonchev–Trinajstić information content (AvgIpc) is 2.52. The first-order valence-corrected chi connectivity index (χ1v) is 6.31. The summed E-state index contributed by atoms with van der Waals surface area (Å²) in [6.45, 7) is 4.77. The maximum absolute atomic E-state index is 4.38. The highest BCUT2D eigenvalue weighted by Crippen LogP contribution is 2.34. The smallest absolute Gasteiger partial charge is 0.148 e. The molecule has 1 N–H and O–H groups in total. The number of anilines is 1. The molecule has 0 aliphatic heterocycles. The van der Waals surface area contributed by atoms with Gasteiger partial charge in [0.15, 0.2) is 0 Å². The number of aryl methyl sites for hydroxylation is 1. The SMILES string of the molecule is Cn1ccc(NC2CCCC(C)(C)CC2)n1. The average molecular weight is 221 g/mol. The molecule has 1 aliphatic carbocycles. The third-order valence-electron chi connectivity index (χ3n) is 3.64. The van der Waals surface area contributed by atoms with Gasteiger partial charge in [-0.05, 0) is 31.1 Å². The van der Waals surface area contributed by atoms with Crippen LogP contribution in [0.2, 0.25) is 0 Å². The highest BCUT2D eigenvalue weighted by Gasteiger charge is 2.24. The molecule has 0 aromatic carbocycles. The van der Waals surface area contributed by atoms with Gasteiger partial charge in [0.2, 0.25) is 0 Å². The van der Waals surface area contributed by atoms with Crippen molar-refractivity contribution in [3.05, 3.63) is 12.3 Å². The van der Waals surface area contributed by atoms with Crippen molar-refractivity contribution in [2.45, 2.75) is 52.0 Å². The third kappa shape index (κ3) is 3.00. The minimum absolute atomic E-state index is 0.528. The van der Waals surface area contributed by atoms with Crippen LogP contribution in [0.1, 0.15) is 46.0 Å². The summed E-state index contributed by atoms with van der Waals surface area (Å²) in [7, 11) is 1.96. The summed E-state index contributed by atoms with van der Waals surface area (Å²) in [5.74, 6) is 1.02. The van der Waals surface area contributed by atoms with Crippen LogP contribution in [0.3, 0.4) is 0 Å². The molecule has 1 atom stereocenters. The molecule has 1 heterocycles. The molecule has 0 amide bonds. The summed E-state index contributed by atoms with van der Waals surface area (Å²) < 4.78 is 1.85. The number of hydrogen-bond acceptors (Lipinski definition) is 2. The molecule has 90 valence electrons. The van der Waals surface area contributed by atoms with Gasteiger partial charge in [0.25, 0.3) is 0 Å². The first-order chi connectivity index (χ1) is 7.55. The lowest BCUT2D eigenvalue weighted by Gasteiger charge is -2.22. The Balaban J connectivity index is 1.91. The Morgan fingerprint density at radius 2 is 2.19 bits per heavy atom. The number of hydrogen-bond donors (Lipinski definition) is 1. The molecule has 1 aliphatic rings. The summed E-state index contributed by atoms with van der Waals surface area (Å²) in [4.78, 5) is 0. The summed E-state index contributed by atoms with van der Waals surface area (Å²) in [6.07, 6.45) is 8.54. The normalized spacial score (nSPS) is 25.1. The Labute approximate surface area is 98.2 Å². The van der Waals surface area contributed by atoms with E-state index in [0.717, 1.165) is 5.82 Å². The molecule has 1 saturated carbocycles. The molecule has 2 rings (SSSR count). The number of rotatable bonds is 2. The zero-order valence-corrected chi connectivity index (χ0v) is 10.7. The van der Waals surface area contributed by atoms with Crippen molar-refractivity contribution in [3.8, 4) is 0 Å². The van der Waals surface area contributed by atoms with E-state index in [1.54, 1.807) is 0 Å². The van der Waals surface area contributed by atoms with Crippen molar-refractivity contribution in [1.29, 1.82) is 0 Å². The van der Waals surface area contributed by atoms with Gasteiger partial charge in [0.05, 0.1) is 0 Å². The van der Waals surface area contributed by atoms with E-state index in [1.807, 2.05) is 17.9 Å². The monoisotopic (exact) mass is 221 g/mol. The van der Waals surface area contributed by atoms with Gasteiger partial charge < -0.3 is 5.32 Å². The van der Waals surface area contributed by atoms with Crippen LogP contribution in [0.25, 0.3) is 0 Å². The van der Waals surface area contributed by atoms with Crippen molar-refractivity contribution < 1.29 is 0 Å². The van der Waals surface area contributed by atoms with Crippen LogP contribution in [0.5, 0.6) is 0 Å². The number of nitrogens with zero attached hydrogens (tertiary/aromatic N) is 2. The molecular weight excluding hydrogens is 198 g/mol. The zero-order chi connectivity index (χ0) is 11.6. The van der Waals surface area contributed by atoms with Crippen molar-refractivity contribution in [1.82, 2.24) is 9.78 Å². The lowest BCUT2D eigenvalue weighted by atomic mass is 9.85. The quantitative estimate of drug-likeness (QED) is 0.777. The molecule has 0 spiro atoms. The molecule has 1 fully saturated rings. The van der Waals surface area contributed by atoms with E-state index in [0.29, 0.717) is 11.5 Å². The van der Waals surface area contributed by atoms with E-state index < -0.39 is 0 Å². The van der Waals surface area contributed by atoms with Gasteiger partial charge in [-0.1, -0.05) is 20.3 Å². The van der Waals surface area contributed by atoms with E-state index >= 15 is 0 Å². The van der Waals surface area contributed by atoms with Gasteiger partial charge in [-0.25, -0.2) is 0 Å². The minimum atomic E-state index is 0.528. The molecule has 1 aromatic heterocycles. The van der Waals surface area contributed by atoms with Crippen LogP contribution in [-0.4, -0.2) is 15.8 Å². The first kappa shape index (κ1) is 11.5. The van der Waals surface area contributed by atoms with Crippen LogP contribution in [-0.2, 0) is 7.05 Å². The fraction of sp³-hybridized carbons (Fsp3) is 0.769. The molecule has 1 unspecified atom stereocenters. The van der Waals surface area contributed by atoms with Crippen LogP contribution >= 0.6 is 0 Å². The molecule has 0 bridgehead atoms. The Morgan fingerprint density at radius 3 is 2.88 bits per heavy atom. The predicted octanol–water partition coefficient (Wildman–Crippen LogP) is 3.19. The molecule has 3 nitrogen and oxygen atoms in total. The minimum Gasteiger partial charge on any atom is -0.366 e. The Morgan fingerprint density at radius 1 is 1.38 bits per heavy atom. The topological polar surface area (TPSA) is 29.9 Å². The summed E-state index contributed by atoms with van der Waals surface area (Å²) in [6, 6.07) is 2.66. The van der Waals surface area contributed by atoms with E-state index in [4.69, 9.17) is 0 Å². The fourth-order valence-corrected chi connectivity index (χ4v) is 2.51. The van der Waals surface area contributed by atoms with E-state index in [1.165, 1.54) is 32.1 Å². The maximum Gasteiger partial charge on any atom is 0.148 e. The van der Waals surface area contributed by atoms with Crippen molar-refractivity contribution in [3.63, 3.8) is 0 Å². The van der Waals surface area contributed by atoms with Crippen molar-refractivity contribution >= 4 is 5.82 Å². The second-order valence-electron chi connectivity index (χ2n) is 5.81. The predicted molar refractivity (Wildman–Crippen MR) is 67.5 cm³/mol. The molecule has 0 saturated heterocycles. The van der Waals surface area contributed by atoms with Gasteiger partial charge in [-0.2, -0.15) is 5.10 Å². The Hall–Kier alpha value is -0.990. The molecule has 1 aromatic rings. The maximum atomic E-state index is 4.38. The summed E-state index contributed by atoms with van der Waals surface area (Å²) in [5.41, 5.74) is 0.528. The highest BCUT2D eigenvalue weighted by atomic mass is 15.3. The standard InChI is InChI=1S/C13H23N3/c1-13(2)8-4-5-11(6-9-13)14-12-7-10-16(3)15-12/h7,10-11H,4-6,8-9H2,1-3H3,(H,14,15). The van der Waals surface area contributed by atoms with E-state index in [-0.39, 0.29) is 0 Å². The van der Waals surface area contributed by atoms with Crippen LogP contribution in [0, 0.1) is 5.41 Å². The second-order valence-corrected chi connectivity index (χ2v) is 5.81. The van der Waals surface area contributed by atoms with Gasteiger partial charge in [0.1, 0.15) is 5.82 Å². The number of aromatic nitrogens is 2. The molecular formula is C13H23N3. The lowest BCUT2D eigenvalue weighted by molar-refractivity contribution is 0.313. The summed E-state index contributed by atoms with van der Waals surface area (Å²) in [5, 5.41) is 7.92. The van der Waals surface area contributed by atoms with Crippen LogP contribution in [0.15, 0.2) is 12.3 Å². The Kier molecular flexibility index (Phi) is 3.22. The highest BCUT2D eigenvalue weighted by molar-refractivity contribution is 5.33. The van der Waals surface area contributed by atoms with Gasteiger partial charge in [0, 0.05) is 25.4 Å². The van der Waals surface area contributed by atoms with Crippen LogP contribution < -0.4 is 5.32 Å². The van der Waals surface area contributed by atoms with Gasteiger partial charge in [-0.15, -0.1) is 0 Å². The lowest BCUT2D eigenvalue weighted by Crippen LogP contribution is -2.19. The molecule has 0 radical (unpaired) electrons. The third-order valence-corrected chi connectivity index (χ3v) is 3.64. The van der Waals surface area contributed by atoms with Crippen LogP contribution in [0.4, 0.5) is 5.82 Å².